The topological polar surface area (TPSA) is 3.24 Å². The van der Waals surface area contributed by atoms with Crippen molar-refractivity contribution >= 4 is 48.6 Å². The monoisotopic (exact) mass is 747 g/mol. The summed E-state index contributed by atoms with van der Waals surface area (Å²) in [6, 6.07) is 70.2. The zero-order valence-corrected chi connectivity index (χ0v) is 32.6. The molecule has 1 spiro atoms. The molecule has 0 amide bonds. The molecule has 0 aliphatic heterocycles. The molecule has 2 fully saturated rings. The number of hydrogen-bond acceptors (Lipinski definition) is 2. The van der Waals surface area contributed by atoms with Crippen LogP contribution in [0.2, 0.25) is 0 Å². The summed E-state index contributed by atoms with van der Waals surface area (Å²) >= 11 is 1.87. The number of fused-ring (bicyclic) bond motifs is 11. The van der Waals surface area contributed by atoms with E-state index in [0.717, 1.165) is 28.9 Å². The summed E-state index contributed by atoms with van der Waals surface area (Å²) in [6.45, 7) is 0. The van der Waals surface area contributed by atoms with Gasteiger partial charge in [0.15, 0.2) is 0 Å². The second kappa shape index (κ2) is 12.9. The maximum absolute atomic E-state index is 2.55. The number of hydrogen-bond donors (Lipinski definition) is 0. The highest BCUT2D eigenvalue weighted by molar-refractivity contribution is 7.25. The summed E-state index contributed by atoms with van der Waals surface area (Å²) in [5, 5.41) is 2.64. The minimum atomic E-state index is 0.202. The van der Waals surface area contributed by atoms with E-state index in [1.807, 2.05) is 11.3 Å². The minimum absolute atomic E-state index is 0.202. The molecule has 3 aliphatic carbocycles. The van der Waals surface area contributed by atoms with Crippen molar-refractivity contribution in [1.29, 1.82) is 0 Å². The van der Waals surface area contributed by atoms with Crippen LogP contribution in [-0.2, 0) is 5.41 Å². The van der Waals surface area contributed by atoms with Crippen LogP contribution in [-0.4, -0.2) is 0 Å². The van der Waals surface area contributed by atoms with Crippen LogP contribution in [0.4, 0.5) is 17.1 Å². The highest BCUT2D eigenvalue weighted by Crippen LogP contribution is 2.65. The Bertz CT molecular complexity index is 2960. The Hall–Kier alpha value is -6.22. The van der Waals surface area contributed by atoms with Crippen molar-refractivity contribution in [1.82, 2.24) is 0 Å². The predicted molar refractivity (Wildman–Crippen MR) is 242 cm³/mol. The Morgan fingerprint density at radius 3 is 1.68 bits per heavy atom. The molecule has 0 saturated heterocycles. The second-order valence-corrected chi connectivity index (χ2v) is 17.6. The first-order valence-electron chi connectivity index (χ1n) is 20.5. The van der Waals surface area contributed by atoms with Gasteiger partial charge in [-0.1, -0.05) is 146 Å². The molecule has 1 nitrogen and oxygen atoms in total. The summed E-state index contributed by atoms with van der Waals surface area (Å²) in [7, 11) is 0. The van der Waals surface area contributed by atoms with Crippen LogP contribution in [0.25, 0.3) is 64.7 Å². The summed E-state index contributed by atoms with van der Waals surface area (Å²) in [4.78, 5) is 2.39. The van der Waals surface area contributed by atoms with Crippen molar-refractivity contribution in [2.24, 2.45) is 11.8 Å². The molecule has 1 aromatic heterocycles. The molecule has 3 aliphatic rings. The molecular formula is C55H41NS. The van der Waals surface area contributed by atoms with Gasteiger partial charge in [0.05, 0.1) is 0 Å². The number of rotatable bonds is 6. The number of thiophene rings is 1. The smallest absolute Gasteiger partial charge is 0.0476 e. The van der Waals surface area contributed by atoms with Crippen LogP contribution in [0.3, 0.4) is 0 Å². The Morgan fingerprint density at radius 2 is 0.982 bits per heavy atom. The molecular weight excluding hydrogens is 707 g/mol. The van der Waals surface area contributed by atoms with Gasteiger partial charge in [-0.2, -0.15) is 0 Å². The fourth-order valence-electron chi connectivity index (χ4n) is 11.0. The fraction of sp³-hybridized carbons (Fsp3) is 0.127. The molecule has 57 heavy (non-hydrogen) atoms. The first kappa shape index (κ1) is 33.0. The SMILES string of the molecule is c1ccc(-c2ccc(N(c3ccc(-c4ccc(-c5ccc6c(c5)C5(CC7CCC5C7)c5ccccc5-6)cc4)cc3)c3ccc4c(c3)sc3ccccc34)cc2)cc1. The Balaban J connectivity index is 0.874. The first-order valence-corrected chi connectivity index (χ1v) is 21.3. The molecule has 3 unspecified atom stereocenters. The average Bonchev–Trinajstić information content (AvgIpc) is 4.06. The van der Waals surface area contributed by atoms with E-state index in [2.05, 4.69) is 193 Å². The summed E-state index contributed by atoms with van der Waals surface area (Å²) in [5.41, 5.74) is 17.2. The van der Waals surface area contributed by atoms with Gasteiger partial charge in [-0.05, 0) is 135 Å². The lowest BCUT2D eigenvalue weighted by Crippen LogP contribution is -2.31. The standard InChI is InChI=1S/C55H41NS/c1-2-8-37(9-3-1)39-19-25-44(26-20-39)56(46-29-31-50-49-11-5-7-13-53(49)57-54(50)34-46)45-27-21-40(22-28-45)38-15-17-41(18-16-38)42-23-30-48-47-10-4-6-12-51(47)55(52(48)33-42)35-36-14-24-43(55)32-36/h1-13,15-23,25-31,33-34,36,43H,14,24,32,35H2. The zero-order chi connectivity index (χ0) is 37.5. The summed E-state index contributed by atoms with van der Waals surface area (Å²) in [5.74, 6) is 1.65. The van der Waals surface area contributed by atoms with Crippen LogP contribution < -0.4 is 4.90 Å². The lowest BCUT2D eigenvalue weighted by atomic mass is 9.66. The minimum Gasteiger partial charge on any atom is -0.310 e. The Labute approximate surface area is 338 Å². The summed E-state index contributed by atoms with van der Waals surface area (Å²) in [6.07, 6.45) is 5.49. The van der Waals surface area contributed by atoms with Crippen LogP contribution in [0.1, 0.15) is 36.8 Å². The molecule has 9 aromatic rings. The van der Waals surface area contributed by atoms with Crippen molar-refractivity contribution < 1.29 is 0 Å². The van der Waals surface area contributed by atoms with E-state index in [0.29, 0.717) is 0 Å². The van der Waals surface area contributed by atoms with Crippen molar-refractivity contribution in [2.45, 2.75) is 31.1 Å². The molecule has 2 bridgehead atoms. The number of benzene rings is 8. The van der Waals surface area contributed by atoms with Gasteiger partial charge >= 0.3 is 0 Å². The van der Waals surface area contributed by atoms with Gasteiger partial charge in [0.2, 0.25) is 0 Å². The van der Waals surface area contributed by atoms with E-state index in [4.69, 9.17) is 0 Å². The molecule has 2 heteroatoms. The second-order valence-electron chi connectivity index (χ2n) is 16.5. The van der Waals surface area contributed by atoms with Crippen molar-refractivity contribution in [3.63, 3.8) is 0 Å². The normalized spacial score (nSPS) is 19.0. The lowest BCUT2D eigenvalue weighted by molar-refractivity contribution is 0.327. The predicted octanol–water partition coefficient (Wildman–Crippen LogP) is 15.6. The Kier molecular flexibility index (Phi) is 7.47. The molecule has 8 aromatic carbocycles. The molecule has 0 N–H and O–H groups in total. The van der Waals surface area contributed by atoms with Crippen LogP contribution in [0, 0.1) is 11.8 Å². The van der Waals surface area contributed by atoms with E-state index in [9.17, 15) is 0 Å². The zero-order valence-electron chi connectivity index (χ0n) is 31.7. The number of anilines is 3. The first-order chi connectivity index (χ1) is 28.2. The van der Waals surface area contributed by atoms with Gasteiger partial charge in [0, 0.05) is 42.6 Å². The van der Waals surface area contributed by atoms with E-state index in [-0.39, 0.29) is 5.41 Å². The number of nitrogens with zero attached hydrogens (tertiary/aromatic N) is 1. The van der Waals surface area contributed by atoms with Crippen LogP contribution in [0.5, 0.6) is 0 Å². The third-order valence-corrected chi connectivity index (χ3v) is 14.7. The van der Waals surface area contributed by atoms with Gasteiger partial charge in [0.25, 0.3) is 0 Å². The maximum Gasteiger partial charge on any atom is 0.0476 e. The van der Waals surface area contributed by atoms with E-state index in [1.165, 1.54) is 90.4 Å². The van der Waals surface area contributed by atoms with Gasteiger partial charge in [-0.25, -0.2) is 0 Å². The van der Waals surface area contributed by atoms with Gasteiger partial charge in [-0.3, -0.25) is 0 Å². The molecule has 2 saturated carbocycles. The lowest BCUT2D eigenvalue weighted by Gasteiger charge is -2.36. The fourth-order valence-corrected chi connectivity index (χ4v) is 12.1. The van der Waals surface area contributed by atoms with Gasteiger partial charge < -0.3 is 4.90 Å². The van der Waals surface area contributed by atoms with Crippen LogP contribution in [0.15, 0.2) is 188 Å². The molecule has 272 valence electrons. The maximum atomic E-state index is 2.55. The Morgan fingerprint density at radius 1 is 0.421 bits per heavy atom. The molecule has 0 radical (unpaired) electrons. The molecule has 12 rings (SSSR count). The van der Waals surface area contributed by atoms with Gasteiger partial charge in [-0.15, -0.1) is 11.3 Å². The highest BCUT2D eigenvalue weighted by Gasteiger charge is 2.56. The van der Waals surface area contributed by atoms with E-state index < -0.39 is 0 Å². The summed E-state index contributed by atoms with van der Waals surface area (Å²) < 4.78 is 2.62. The third kappa shape index (κ3) is 5.20. The van der Waals surface area contributed by atoms with Crippen molar-refractivity contribution in [3.8, 4) is 44.5 Å². The average molecular weight is 748 g/mol. The van der Waals surface area contributed by atoms with Crippen molar-refractivity contribution in [3.05, 3.63) is 199 Å². The van der Waals surface area contributed by atoms with Gasteiger partial charge in [0.1, 0.15) is 0 Å². The van der Waals surface area contributed by atoms with Crippen LogP contribution >= 0.6 is 11.3 Å². The largest absolute Gasteiger partial charge is 0.310 e. The van der Waals surface area contributed by atoms with Crippen molar-refractivity contribution in [2.75, 3.05) is 4.90 Å². The molecule has 3 atom stereocenters. The highest BCUT2D eigenvalue weighted by atomic mass is 32.1. The third-order valence-electron chi connectivity index (χ3n) is 13.6. The quantitative estimate of drug-likeness (QED) is 0.164. The van der Waals surface area contributed by atoms with E-state index >= 15 is 0 Å². The molecule has 1 heterocycles. The van der Waals surface area contributed by atoms with E-state index in [1.54, 1.807) is 11.1 Å².